The molecule has 0 radical (unpaired) electrons. The van der Waals surface area contributed by atoms with Crippen molar-refractivity contribution in [2.45, 2.75) is 26.4 Å². The highest BCUT2D eigenvalue weighted by atomic mass is 15.3. The van der Waals surface area contributed by atoms with E-state index in [-0.39, 0.29) is 0 Å². The van der Waals surface area contributed by atoms with E-state index in [0.717, 1.165) is 24.0 Å². The molecule has 0 N–H and O–H groups in total. The quantitative estimate of drug-likeness (QED) is 0.804. The summed E-state index contributed by atoms with van der Waals surface area (Å²) in [5.41, 5.74) is 2.11. The smallest absolute Gasteiger partial charge is 0.0730 e. The standard InChI is InChI=1S/C15H25N5/c1-3-18-4-6-20(7-5-18)15-11-19(12-15)10-14-9-16-8-13(2)17-14/h8-9,15H,3-7,10-12H2,1-2H3. The van der Waals surface area contributed by atoms with E-state index < -0.39 is 0 Å². The van der Waals surface area contributed by atoms with Gasteiger partial charge in [-0.05, 0) is 13.5 Å². The van der Waals surface area contributed by atoms with Crippen molar-refractivity contribution in [1.29, 1.82) is 0 Å². The fourth-order valence-electron chi connectivity index (χ4n) is 3.17. The number of nitrogens with zero attached hydrogens (tertiary/aromatic N) is 5. The molecule has 2 saturated heterocycles. The molecule has 2 aliphatic heterocycles. The van der Waals surface area contributed by atoms with Crippen LogP contribution in [-0.2, 0) is 6.54 Å². The first-order chi connectivity index (χ1) is 9.74. The average Bonchev–Trinajstić information content (AvgIpc) is 2.43. The predicted molar refractivity (Wildman–Crippen MR) is 79.5 cm³/mol. The Morgan fingerprint density at radius 2 is 1.85 bits per heavy atom. The second-order valence-electron chi connectivity index (χ2n) is 5.97. The Hall–Kier alpha value is -1.04. The maximum atomic E-state index is 4.53. The normalized spacial score (nSPS) is 22.9. The summed E-state index contributed by atoms with van der Waals surface area (Å²) < 4.78 is 0. The largest absolute Gasteiger partial charge is 0.301 e. The zero-order chi connectivity index (χ0) is 13.9. The molecule has 0 amide bonds. The van der Waals surface area contributed by atoms with Crippen LogP contribution < -0.4 is 0 Å². The molecule has 110 valence electrons. The maximum Gasteiger partial charge on any atom is 0.0730 e. The van der Waals surface area contributed by atoms with Crippen molar-refractivity contribution in [2.75, 3.05) is 45.8 Å². The van der Waals surface area contributed by atoms with Gasteiger partial charge >= 0.3 is 0 Å². The molecule has 2 fully saturated rings. The summed E-state index contributed by atoms with van der Waals surface area (Å²) in [5, 5.41) is 0. The van der Waals surface area contributed by atoms with Crippen molar-refractivity contribution < 1.29 is 0 Å². The Balaban J connectivity index is 1.43. The van der Waals surface area contributed by atoms with Gasteiger partial charge in [0.1, 0.15) is 0 Å². The van der Waals surface area contributed by atoms with Crippen LogP contribution in [0.4, 0.5) is 0 Å². The summed E-state index contributed by atoms with van der Waals surface area (Å²) in [5.74, 6) is 0. The van der Waals surface area contributed by atoms with Crippen LogP contribution in [0.2, 0.25) is 0 Å². The molecule has 0 aromatic carbocycles. The van der Waals surface area contributed by atoms with E-state index in [0.29, 0.717) is 0 Å². The summed E-state index contributed by atoms with van der Waals surface area (Å²) in [7, 11) is 0. The minimum atomic E-state index is 0.756. The van der Waals surface area contributed by atoms with Gasteiger partial charge in [-0.15, -0.1) is 0 Å². The number of aryl methyl sites for hydroxylation is 1. The molecule has 3 heterocycles. The Morgan fingerprint density at radius 1 is 1.10 bits per heavy atom. The Morgan fingerprint density at radius 3 is 2.50 bits per heavy atom. The van der Waals surface area contributed by atoms with Crippen molar-refractivity contribution in [1.82, 2.24) is 24.7 Å². The fourth-order valence-corrected chi connectivity index (χ4v) is 3.17. The number of piperazine rings is 1. The first-order valence-corrected chi connectivity index (χ1v) is 7.71. The lowest BCUT2D eigenvalue weighted by atomic mass is 10.1. The summed E-state index contributed by atoms with van der Waals surface area (Å²) >= 11 is 0. The van der Waals surface area contributed by atoms with Crippen LogP contribution in [0.15, 0.2) is 12.4 Å². The molecule has 2 aliphatic rings. The van der Waals surface area contributed by atoms with E-state index in [2.05, 4.69) is 31.6 Å². The minimum Gasteiger partial charge on any atom is -0.301 e. The maximum absolute atomic E-state index is 4.53. The molecule has 5 nitrogen and oxygen atoms in total. The number of hydrogen-bond acceptors (Lipinski definition) is 5. The molecule has 5 heteroatoms. The number of hydrogen-bond donors (Lipinski definition) is 0. The average molecular weight is 275 g/mol. The number of aromatic nitrogens is 2. The van der Waals surface area contributed by atoms with Crippen LogP contribution in [-0.4, -0.2) is 76.5 Å². The highest BCUT2D eigenvalue weighted by Crippen LogP contribution is 2.18. The fraction of sp³-hybridized carbons (Fsp3) is 0.733. The van der Waals surface area contributed by atoms with E-state index in [1.54, 1.807) is 0 Å². The van der Waals surface area contributed by atoms with Crippen molar-refractivity contribution >= 4 is 0 Å². The van der Waals surface area contributed by atoms with Gasteiger partial charge in [0.05, 0.1) is 11.4 Å². The van der Waals surface area contributed by atoms with Crippen molar-refractivity contribution in [3.8, 4) is 0 Å². The zero-order valence-electron chi connectivity index (χ0n) is 12.6. The Bertz CT molecular complexity index is 436. The third kappa shape index (κ3) is 3.16. The Kier molecular flexibility index (Phi) is 4.29. The van der Waals surface area contributed by atoms with Gasteiger partial charge < -0.3 is 4.90 Å². The van der Waals surface area contributed by atoms with Crippen LogP contribution in [0.1, 0.15) is 18.3 Å². The first kappa shape index (κ1) is 13.9. The lowest BCUT2D eigenvalue weighted by molar-refractivity contribution is 0.00152. The summed E-state index contributed by atoms with van der Waals surface area (Å²) in [4.78, 5) is 16.4. The second kappa shape index (κ2) is 6.16. The molecule has 0 spiro atoms. The number of likely N-dealkylation sites (N-methyl/N-ethyl adjacent to an activating group) is 1. The van der Waals surface area contributed by atoms with E-state index in [1.165, 1.54) is 45.8 Å². The molecule has 1 aromatic rings. The van der Waals surface area contributed by atoms with E-state index in [4.69, 9.17) is 0 Å². The molecule has 0 bridgehead atoms. The lowest BCUT2D eigenvalue weighted by Crippen LogP contribution is -2.62. The molecule has 0 unspecified atom stereocenters. The van der Waals surface area contributed by atoms with E-state index >= 15 is 0 Å². The Labute approximate surface area is 121 Å². The van der Waals surface area contributed by atoms with Gasteiger partial charge in [-0.25, -0.2) is 0 Å². The molecule has 0 aliphatic carbocycles. The van der Waals surface area contributed by atoms with E-state index in [9.17, 15) is 0 Å². The van der Waals surface area contributed by atoms with Crippen molar-refractivity contribution in [3.63, 3.8) is 0 Å². The van der Waals surface area contributed by atoms with Gasteiger partial charge in [-0.2, -0.15) is 0 Å². The first-order valence-electron chi connectivity index (χ1n) is 7.71. The molecule has 3 rings (SSSR count). The van der Waals surface area contributed by atoms with E-state index in [1.807, 2.05) is 19.3 Å². The van der Waals surface area contributed by atoms with Crippen LogP contribution in [0.5, 0.6) is 0 Å². The molecule has 20 heavy (non-hydrogen) atoms. The second-order valence-corrected chi connectivity index (χ2v) is 5.97. The van der Waals surface area contributed by atoms with Gasteiger partial charge in [0, 0.05) is 64.2 Å². The van der Waals surface area contributed by atoms with Gasteiger partial charge in [0.25, 0.3) is 0 Å². The molecule has 1 aromatic heterocycles. The number of rotatable bonds is 4. The molecular weight excluding hydrogens is 250 g/mol. The van der Waals surface area contributed by atoms with Crippen LogP contribution in [0, 0.1) is 6.92 Å². The molecule has 0 atom stereocenters. The predicted octanol–water partition coefficient (Wildman–Crippen LogP) is 0.607. The highest BCUT2D eigenvalue weighted by Gasteiger charge is 2.33. The lowest BCUT2D eigenvalue weighted by Gasteiger charge is -2.48. The third-order valence-electron chi connectivity index (χ3n) is 4.50. The zero-order valence-corrected chi connectivity index (χ0v) is 12.6. The molecular formula is C15H25N5. The van der Waals surface area contributed by atoms with Gasteiger partial charge in [0.15, 0.2) is 0 Å². The minimum absolute atomic E-state index is 0.756. The van der Waals surface area contributed by atoms with Gasteiger partial charge in [-0.1, -0.05) is 6.92 Å². The topological polar surface area (TPSA) is 35.5 Å². The third-order valence-corrected chi connectivity index (χ3v) is 4.50. The van der Waals surface area contributed by atoms with Crippen molar-refractivity contribution in [2.24, 2.45) is 0 Å². The number of likely N-dealkylation sites (tertiary alicyclic amines) is 1. The van der Waals surface area contributed by atoms with Crippen LogP contribution in [0.3, 0.4) is 0 Å². The van der Waals surface area contributed by atoms with Crippen molar-refractivity contribution in [3.05, 3.63) is 23.8 Å². The van der Waals surface area contributed by atoms with Crippen LogP contribution >= 0.6 is 0 Å². The summed E-state index contributed by atoms with van der Waals surface area (Å²) in [6.07, 6.45) is 3.70. The van der Waals surface area contributed by atoms with Crippen LogP contribution in [0.25, 0.3) is 0 Å². The van der Waals surface area contributed by atoms with Gasteiger partial charge in [0.2, 0.25) is 0 Å². The molecule has 0 saturated carbocycles. The summed E-state index contributed by atoms with van der Waals surface area (Å²) in [6, 6.07) is 0.756. The monoisotopic (exact) mass is 275 g/mol. The highest BCUT2D eigenvalue weighted by molar-refractivity contribution is 5.03. The van der Waals surface area contributed by atoms with Gasteiger partial charge in [-0.3, -0.25) is 19.8 Å². The summed E-state index contributed by atoms with van der Waals surface area (Å²) in [6.45, 7) is 13.7. The SMILES string of the molecule is CCN1CCN(C2CN(Cc3cncc(C)n3)C2)CC1.